The highest BCUT2D eigenvalue weighted by Crippen LogP contribution is 2.35. The SMILES string of the molecule is N/C(=N\C(=N/Cc1ccc(-c2ccc(-c3ccccn3)c3ccccc23)cc1)c1ccccc1)c1ccccc1. The van der Waals surface area contributed by atoms with Crippen molar-refractivity contribution in [1.82, 2.24) is 4.98 Å². The molecule has 0 atom stereocenters. The number of hydrogen-bond donors (Lipinski definition) is 1. The first-order chi connectivity index (χ1) is 19.8. The highest BCUT2D eigenvalue weighted by Gasteiger charge is 2.10. The molecule has 2 N–H and O–H groups in total. The lowest BCUT2D eigenvalue weighted by Crippen LogP contribution is -2.16. The van der Waals surface area contributed by atoms with Gasteiger partial charge in [-0.15, -0.1) is 0 Å². The predicted molar refractivity (Wildman–Crippen MR) is 166 cm³/mol. The molecule has 0 fully saturated rings. The number of nitrogens with two attached hydrogens (primary N) is 1. The van der Waals surface area contributed by atoms with Crippen LogP contribution in [0.25, 0.3) is 33.2 Å². The molecule has 0 bridgehead atoms. The van der Waals surface area contributed by atoms with Gasteiger partial charge in [0, 0.05) is 22.9 Å². The molecule has 4 heteroatoms. The average Bonchev–Trinajstić information content (AvgIpc) is 3.04. The van der Waals surface area contributed by atoms with Crippen molar-refractivity contribution in [3.05, 3.63) is 162 Å². The molecule has 1 aromatic heterocycles. The molecule has 6 rings (SSSR count). The van der Waals surface area contributed by atoms with Gasteiger partial charge in [-0.1, -0.05) is 127 Å². The van der Waals surface area contributed by atoms with E-state index in [9.17, 15) is 0 Å². The molecule has 0 aliphatic carbocycles. The number of aliphatic imine (C=N–C) groups is 2. The zero-order chi connectivity index (χ0) is 27.1. The maximum absolute atomic E-state index is 6.34. The first kappa shape index (κ1) is 25.0. The lowest BCUT2D eigenvalue weighted by atomic mass is 9.93. The topological polar surface area (TPSA) is 63.6 Å². The van der Waals surface area contributed by atoms with Crippen molar-refractivity contribution in [2.45, 2.75) is 6.54 Å². The summed E-state index contributed by atoms with van der Waals surface area (Å²) in [5.41, 5.74) is 13.7. The maximum Gasteiger partial charge on any atom is 0.157 e. The minimum absolute atomic E-state index is 0.444. The van der Waals surface area contributed by atoms with E-state index < -0.39 is 0 Å². The minimum Gasteiger partial charge on any atom is -0.383 e. The molecule has 1 heterocycles. The third kappa shape index (κ3) is 5.42. The van der Waals surface area contributed by atoms with Crippen LogP contribution < -0.4 is 5.73 Å². The van der Waals surface area contributed by atoms with Gasteiger partial charge in [-0.25, -0.2) is 4.99 Å². The summed E-state index contributed by atoms with van der Waals surface area (Å²) in [7, 11) is 0. The molecular weight excluding hydrogens is 488 g/mol. The fourth-order valence-corrected chi connectivity index (χ4v) is 4.82. The number of hydrogen-bond acceptors (Lipinski definition) is 2. The molecule has 0 aliphatic rings. The molecule has 5 aromatic carbocycles. The monoisotopic (exact) mass is 516 g/mol. The summed E-state index contributed by atoms with van der Waals surface area (Å²) >= 11 is 0. The van der Waals surface area contributed by atoms with Gasteiger partial charge >= 0.3 is 0 Å². The average molecular weight is 517 g/mol. The molecule has 4 nitrogen and oxygen atoms in total. The van der Waals surface area contributed by atoms with Crippen LogP contribution >= 0.6 is 0 Å². The highest BCUT2D eigenvalue weighted by atomic mass is 15.0. The highest BCUT2D eigenvalue weighted by molar-refractivity contribution is 6.11. The Hall–Kier alpha value is -5.35. The van der Waals surface area contributed by atoms with E-state index in [4.69, 9.17) is 15.7 Å². The Morgan fingerprint density at radius 1 is 0.575 bits per heavy atom. The minimum atomic E-state index is 0.444. The Bertz CT molecular complexity index is 1790. The van der Waals surface area contributed by atoms with Crippen LogP contribution in [-0.2, 0) is 6.54 Å². The summed E-state index contributed by atoms with van der Waals surface area (Å²) in [6.45, 7) is 0.495. The smallest absolute Gasteiger partial charge is 0.157 e. The number of pyridine rings is 1. The zero-order valence-corrected chi connectivity index (χ0v) is 22.0. The number of aromatic nitrogens is 1. The second kappa shape index (κ2) is 11.6. The molecule has 0 amide bonds. The van der Waals surface area contributed by atoms with Crippen LogP contribution in [0.1, 0.15) is 16.7 Å². The molecule has 40 heavy (non-hydrogen) atoms. The Kier molecular flexibility index (Phi) is 7.23. The van der Waals surface area contributed by atoms with Crippen LogP contribution in [0.4, 0.5) is 0 Å². The number of amidine groups is 2. The van der Waals surface area contributed by atoms with Crippen molar-refractivity contribution in [2.24, 2.45) is 15.7 Å². The summed E-state index contributed by atoms with van der Waals surface area (Å²) in [5.74, 6) is 1.06. The van der Waals surface area contributed by atoms with E-state index in [-0.39, 0.29) is 0 Å². The van der Waals surface area contributed by atoms with Crippen LogP contribution in [0.15, 0.2) is 156 Å². The normalized spacial score (nSPS) is 12.0. The number of nitrogens with zero attached hydrogens (tertiary/aromatic N) is 3. The van der Waals surface area contributed by atoms with E-state index in [1.165, 1.54) is 16.3 Å². The van der Waals surface area contributed by atoms with E-state index in [1.54, 1.807) is 0 Å². The van der Waals surface area contributed by atoms with Crippen molar-refractivity contribution in [2.75, 3.05) is 0 Å². The van der Waals surface area contributed by atoms with Crippen LogP contribution in [0.2, 0.25) is 0 Å². The largest absolute Gasteiger partial charge is 0.383 e. The second-order valence-electron chi connectivity index (χ2n) is 9.49. The van der Waals surface area contributed by atoms with Gasteiger partial charge in [-0.3, -0.25) is 9.98 Å². The Morgan fingerprint density at radius 2 is 1.18 bits per heavy atom. The Labute approximate surface area is 234 Å². The zero-order valence-electron chi connectivity index (χ0n) is 22.0. The van der Waals surface area contributed by atoms with Gasteiger partial charge in [0.25, 0.3) is 0 Å². The fraction of sp³-hybridized carbons (Fsp3) is 0.0278. The van der Waals surface area contributed by atoms with Gasteiger partial charge in [-0.2, -0.15) is 0 Å². The van der Waals surface area contributed by atoms with Gasteiger partial charge < -0.3 is 5.73 Å². The third-order valence-corrected chi connectivity index (χ3v) is 6.87. The van der Waals surface area contributed by atoms with Crippen LogP contribution in [0.5, 0.6) is 0 Å². The molecular formula is C36H28N4. The van der Waals surface area contributed by atoms with Crippen LogP contribution in [0, 0.1) is 0 Å². The molecule has 0 unspecified atom stereocenters. The number of rotatable bonds is 6. The molecule has 6 aromatic rings. The first-order valence-corrected chi connectivity index (χ1v) is 13.3. The van der Waals surface area contributed by atoms with Crippen molar-refractivity contribution < 1.29 is 0 Å². The number of fused-ring (bicyclic) bond motifs is 1. The molecule has 0 aliphatic heterocycles. The molecule has 192 valence electrons. The van der Waals surface area contributed by atoms with Gasteiger partial charge in [0.2, 0.25) is 0 Å². The molecule has 0 saturated heterocycles. The summed E-state index contributed by atoms with van der Waals surface area (Å²) in [4.78, 5) is 14.1. The quantitative estimate of drug-likeness (QED) is 0.180. The standard InChI is InChI=1S/C36H28N4/c37-35(28-11-3-1-4-12-28)40-36(29-13-5-2-6-14-29)39-25-26-18-20-27(21-19-26)30-22-23-33(34-17-9-10-24-38-34)32-16-8-7-15-31(30)32/h1-24H,25H2,(H2,37,39,40). The van der Waals surface area contributed by atoms with E-state index in [0.29, 0.717) is 18.2 Å². The molecule has 0 saturated carbocycles. The third-order valence-electron chi connectivity index (χ3n) is 6.87. The predicted octanol–water partition coefficient (Wildman–Crippen LogP) is 7.92. The van der Waals surface area contributed by atoms with Gasteiger partial charge in [0.1, 0.15) is 5.84 Å². The number of benzene rings is 5. The van der Waals surface area contributed by atoms with Crippen molar-refractivity contribution in [3.63, 3.8) is 0 Å². The summed E-state index contributed by atoms with van der Waals surface area (Å²) in [5, 5.41) is 2.39. The van der Waals surface area contributed by atoms with Gasteiger partial charge in [-0.05, 0) is 39.6 Å². The van der Waals surface area contributed by atoms with Gasteiger partial charge in [0.15, 0.2) is 5.84 Å². The summed E-state index contributed by atoms with van der Waals surface area (Å²) < 4.78 is 0. The second-order valence-corrected chi connectivity index (χ2v) is 9.49. The van der Waals surface area contributed by atoms with Crippen LogP contribution in [0.3, 0.4) is 0 Å². The van der Waals surface area contributed by atoms with E-state index in [2.05, 4.69) is 71.7 Å². The molecule has 0 spiro atoms. The summed E-state index contributed by atoms with van der Waals surface area (Å²) in [6, 6.07) is 47.2. The molecule has 0 radical (unpaired) electrons. The van der Waals surface area contributed by atoms with E-state index in [0.717, 1.165) is 33.5 Å². The summed E-state index contributed by atoms with van der Waals surface area (Å²) in [6.07, 6.45) is 1.84. The Balaban J connectivity index is 1.30. The van der Waals surface area contributed by atoms with Crippen molar-refractivity contribution in [1.29, 1.82) is 0 Å². The van der Waals surface area contributed by atoms with E-state index in [1.807, 2.05) is 79.0 Å². The lowest BCUT2D eigenvalue weighted by Gasteiger charge is -2.12. The van der Waals surface area contributed by atoms with Crippen molar-refractivity contribution >= 4 is 22.4 Å². The first-order valence-electron chi connectivity index (χ1n) is 13.3. The Morgan fingerprint density at radius 3 is 1.85 bits per heavy atom. The lowest BCUT2D eigenvalue weighted by molar-refractivity contribution is 1.06. The van der Waals surface area contributed by atoms with E-state index >= 15 is 0 Å². The fourth-order valence-electron chi connectivity index (χ4n) is 4.82. The van der Waals surface area contributed by atoms with Gasteiger partial charge in [0.05, 0.1) is 12.2 Å². The maximum atomic E-state index is 6.34. The van der Waals surface area contributed by atoms with Crippen LogP contribution in [-0.4, -0.2) is 16.7 Å². The van der Waals surface area contributed by atoms with Crippen molar-refractivity contribution in [3.8, 4) is 22.4 Å².